The Labute approximate surface area is 342 Å². The summed E-state index contributed by atoms with van der Waals surface area (Å²) in [5.74, 6) is 0. The van der Waals surface area contributed by atoms with Gasteiger partial charge in [0.15, 0.2) is 0 Å². The van der Waals surface area contributed by atoms with Crippen LogP contribution in [0.4, 0.5) is 34.1 Å². The summed E-state index contributed by atoms with van der Waals surface area (Å²) in [6.45, 7) is 0.0434. The molecule has 5 heteroatoms. The molecule has 0 N–H and O–H groups in total. The van der Waals surface area contributed by atoms with Gasteiger partial charge in [-0.3, -0.25) is 0 Å². The number of nitrogens with zero attached hydrogens (tertiary/aromatic N) is 4. The van der Waals surface area contributed by atoms with Crippen LogP contribution in [0, 0.1) is 0 Å². The van der Waals surface area contributed by atoms with Gasteiger partial charge in [0.25, 0.3) is 6.71 Å². The third-order valence-corrected chi connectivity index (χ3v) is 12.7. The molecule has 2 aliphatic heterocycles. The minimum Gasteiger partial charge on any atom is -0.309 e. The van der Waals surface area contributed by atoms with Crippen molar-refractivity contribution in [1.82, 2.24) is 9.13 Å². The molecule has 4 nitrogen and oxygen atoms in total. The van der Waals surface area contributed by atoms with Crippen LogP contribution in [0.15, 0.2) is 212 Å². The second-order valence-electron chi connectivity index (χ2n) is 15.6. The predicted molar refractivity (Wildman–Crippen MR) is 249 cm³/mol. The number of benzene rings is 9. The van der Waals surface area contributed by atoms with Gasteiger partial charge in [0.1, 0.15) is 0 Å². The molecule has 0 radical (unpaired) electrons. The average molecular weight is 751 g/mol. The summed E-state index contributed by atoms with van der Waals surface area (Å²) in [6, 6.07) is 78.0. The number of fused-ring (bicyclic) bond motifs is 10. The molecule has 2 aliphatic rings. The first-order chi connectivity index (χ1) is 29.3. The lowest BCUT2D eigenvalue weighted by Gasteiger charge is -2.44. The lowest BCUT2D eigenvalue weighted by Crippen LogP contribution is -2.61. The predicted octanol–water partition coefficient (Wildman–Crippen LogP) is 12.0. The van der Waals surface area contributed by atoms with Crippen LogP contribution in [-0.2, 0) is 0 Å². The van der Waals surface area contributed by atoms with E-state index >= 15 is 0 Å². The van der Waals surface area contributed by atoms with Crippen molar-refractivity contribution in [2.24, 2.45) is 0 Å². The normalized spacial score (nSPS) is 13.0. The SMILES string of the molecule is c1ccc2c(c1)B1c3ccccc3N(c3ccccc3-n3c4ccccc4c4ccccc43)c3cccc(c31)N2c1ccccc1-n1c2ccccc2c2ccccc21. The minimum absolute atomic E-state index is 0.0434. The molecule has 274 valence electrons. The zero-order chi connectivity index (χ0) is 38.6. The second-order valence-corrected chi connectivity index (χ2v) is 15.6. The number of hydrogen-bond donors (Lipinski definition) is 0. The maximum absolute atomic E-state index is 2.52. The molecule has 59 heavy (non-hydrogen) atoms. The number of aromatic nitrogens is 2. The topological polar surface area (TPSA) is 16.3 Å². The van der Waals surface area contributed by atoms with Crippen LogP contribution in [0.5, 0.6) is 0 Å². The van der Waals surface area contributed by atoms with Crippen molar-refractivity contribution < 1.29 is 0 Å². The molecule has 0 bridgehead atoms. The van der Waals surface area contributed by atoms with E-state index in [-0.39, 0.29) is 6.71 Å². The highest BCUT2D eigenvalue weighted by Gasteiger charge is 2.43. The lowest BCUT2D eigenvalue weighted by atomic mass is 9.33. The van der Waals surface area contributed by atoms with Crippen LogP contribution in [-0.4, -0.2) is 15.8 Å². The number of anilines is 6. The summed E-state index contributed by atoms with van der Waals surface area (Å²) < 4.78 is 4.90. The Bertz CT molecular complexity index is 3170. The first kappa shape index (κ1) is 32.3. The first-order valence-corrected chi connectivity index (χ1v) is 20.4. The Morgan fingerprint density at radius 3 is 0.915 bits per heavy atom. The van der Waals surface area contributed by atoms with E-state index in [1.54, 1.807) is 0 Å². The van der Waals surface area contributed by atoms with Crippen LogP contribution < -0.4 is 26.2 Å². The molecule has 13 rings (SSSR count). The molecule has 0 aliphatic carbocycles. The van der Waals surface area contributed by atoms with E-state index in [2.05, 4.69) is 231 Å². The Morgan fingerprint density at radius 2 is 0.525 bits per heavy atom. The van der Waals surface area contributed by atoms with Crippen LogP contribution >= 0.6 is 0 Å². The van der Waals surface area contributed by atoms with Gasteiger partial charge in [0.2, 0.25) is 0 Å². The summed E-state index contributed by atoms with van der Waals surface area (Å²) in [4.78, 5) is 5.04. The summed E-state index contributed by atoms with van der Waals surface area (Å²) in [5.41, 5.74) is 18.0. The molecule has 0 fully saturated rings. The first-order valence-electron chi connectivity index (χ1n) is 20.4. The van der Waals surface area contributed by atoms with Gasteiger partial charge in [-0.1, -0.05) is 140 Å². The third kappa shape index (κ3) is 4.44. The Kier molecular flexibility index (Phi) is 6.78. The summed E-state index contributed by atoms with van der Waals surface area (Å²) in [7, 11) is 0. The van der Waals surface area contributed by atoms with Gasteiger partial charge in [-0.25, -0.2) is 0 Å². The molecular formula is C54H35BN4. The van der Waals surface area contributed by atoms with Crippen LogP contribution in [0.3, 0.4) is 0 Å². The number of hydrogen-bond acceptors (Lipinski definition) is 2. The van der Waals surface area contributed by atoms with Crippen LogP contribution in [0.25, 0.3) is 55.0 Å². The van der Waals surface area contributed by atoms with E-state index in [1.807, 2.05) is 0 Å². The van der Waals surface area contributed by atoms with Crippen molar-refractivity contribution in [2.75, 3.05) is 9.80 Å². The van der Waals surface area contributed by atoms with E-state index < -0.39 is 0 Å². The quantitative estimate of drug-likeness (QED) is 0.167. The van der Waals surface area contributed by atoms with Crippen LogP contribution in [0.2, 0.25) is 0 Å². The Balaban J connectivity index is 1.09. The minimum atomic E-state index is 0.0434. The van der Waals surface area contributed by atoms with Gasteiger partial charge in [0.05, 0.1) is 44.8 Å². The Hall–Kier alpha value is -7.76. The maximum Gasteiger partial charge on any atom is 0.252 e. The summed E-state index contributed by atoms with van der Waals surface area (Å²) in [5, 5.41) is 5.01. The van der Waals surface area contributed by atoms with Crippen molar-refractivity contribution in [3.63, 3.8) is 0 Å². The average Bonchev–Trinajstić information content (AvgIpc) is 3.82. The fourth-order valence-electron chi connectivity index (χ4n) is 10.4. The lowest BCUT2D eigenvalue weighted by molar-refractivity contribution is 1.14. The summed E-state index contributed by atoms with van der Waals surface area (Å²) in [6.07, 6.45) is 0. The van der Waals surface area contributed by atoms with E-state index in [9.17, 15) is 0 Å². The fourth-order valence-corrected chi connectivity index (χ4v) is 10.4. The molecule has 0 saturated carbocycles. The molecule has 0 atom stereocenters. The molecule has 0 unspecified atom stereocenters. The molecular weight excluding hydrogens is 715 g/mol. The Morgan fingerprint density at radius 1 is 0.237 bits per heavy atom. The zero-order valence-electron chi connectivity index (χ0n) is 32.1. The largest absolute Gasteiger partial charge is 0.309 e. The van der Waals surface area contributed by atoms with Gasteiger partial charge in [-0.15, -0.1) is 0 Å². The van der Waals surface area contributed by atoms with E-state index in [4.69, 9.17) is 0 Å². The zero-order valence-corrected chi connectivity index (χ0v) is 32.1. The molecule has 9 aromatic carbocycles. The van der Waals surface area contributed by atoms with Gasteiger partial charge < -0.3 is 18.9 Å². The highest BCUT2D eigenvalue weighted by atomic mass is 15.2. The van der Waals surface area contributed by atoms with Crippen molar-refractivity contribution in [3.8, 4) is 11.4 Å². The highest BCUT2D eigenvalue weighted by molar-refractivity contribution is 7.00. The van der Waals surface area contributed by atoms with E-state index in [1.165, 1.54) is 82.7 Å². The fraction of sp³-hybridized carbons (Fsp3) is 0. The molecule has 0 amide bonds. The van der Waals surface area contributed by atoms with Crippen molar-refractivity contribution >= 4 is 101 Å². The standard InChI is InChI=1S/C54H35BN4/c1-7-24-42-36(18-1)37-19-2-8-25-43(37)56(42)48-30-13-15-32-50(48)58-46-28-11-5-22-40(46)55-41-23-6-12-29-47(41)59(53-35-17-34-52(58)54(53)55)51-33-16-14-31-49(51)57-44-26-9-3-20-38(44)39-21-4-10-27-45(39)57/h1-35H. The smallest absolute Gasteiger partial charge is 0.252 e. The summed E-state index contributed by atoms with van der Waals surface area (Å²) >= 11 is 0. The molecule has 11 aromatic rings. The van der Waals surface area contributed by atoms with E-state index in [0.717, 1.165) is 22.7 Å². The van der Waals surface area contributed by atoms with Gasteiger partial charge in [0, 0.05) is 44.3 Å². The van der Waals surface area contributed by atoms with Crippen molar-refractivity contribution in [1.29, 1.82) is 0 Å². The van der Waals surface area contributed by atoms with Gasteiger partial charge in [-0.2, -0.15) is 0 Å². The highest BCUT2D eigenvalue weighted by Crippen LogP contribution is 2.48. The van der Waals surface area contributed by atoms with Gasteiger partial charge in [-0.05, 0) is 89.2 Å². The molecule has 2 aromatic heterocycles. The second kappa shape index (κ2) is 12.4. The van der Waals surface area contributed by atoms with Crippen LogP contribution in [0.1, 0.15) is 0 Å². The van der Waals surface area contributed by atoms with E-state index in [0.29, 0.717) is 0 Å². The molecule has 0 saturated heterocycles. The number of rotatable bonds is 4. The maximum atomic E-state index is 2.52. The van der Waals surface area contributed by atoms with Crippen molar-refractivity contribution in [3.05, 3.63) is 212 Å². The third-order valence-electron chi connectivity index (χ3n) is 12.7. The van der Waals surface area contributed by atoms with Gasteiger partial charge >= 0.3 is 0 Å². The van der Waals surface area contributed by atoms with Crippen molar-refractivity contribution in [2.45, 2.75) is 0 Å². The monoisotopic (exact) mass is 750 g/mol. The number of para-hydroxylation sites is 10. The molecule has 0 spiro atoms. The molecule has 4 heterocycles.